The molecule has 18 heavy (non-hydrogen) atoms. The molecule has 1 aliphatic heterocycles. The highest BCUT2D eigenvalue weighted by molar-refractivity contribution is 5.04. The maximum atomic E-state index is 9.34. The minimum Gasteiger partial charge on any atom is -0.300 e. The van der Waals surface area contributed by atoms with E-state index in [9.17, 15) is 5.26 Å². The predicted molar refractivity (Wildman–Crippen MR) is 76.4 cm³/mol. The van der Waals surface area contributed by atoms with E-state index in [4.69, 9.17) is 0 Å². The molecule has 0 saturated carbocycles. The van der Waals surface area contributed by atoms with Crippen molar-refractivity contribution < 1.29 is 0 Å². The summed E-state index contributed by atoms with van der Waals surface area (Å²) in [6.45, 7) is 10.8. The standard InChI is InChI=1S/C15H29N3/c1-5-10-17-15(4,12-16)9-11-18-13(2)7-6-8-14(18)3/h13-14,17H,5-11H2,1-4H3. The van der Waals surface area contributed by atoms with Crippen LogP contribution in [0.15, 0.2) is 0 Å². The van der Waals surface area contributed by atoms with Gasteiger partial charge in [0.25, 0.3) is 0 Å². The number of nitriles is 1. The third-order valence-corrected chi connectivity index (χ3v) is 4.26. The minimum absolute atomic E-state index is 0.368. The Hall–Kier alpha value is -0.590. The van der Waals surface area contributed by atoms with E-state index in [1.807, 2.05) is 6.92 Å². The Kier molecular flexibility index (Phi) is 6.11. The molecule has 3 unspecified atom stereocenters. The molecule has 0 amide bonds. The average molecular weight is 251 g/mol. The second-order valence-electron chi connectivity index (χ2n) is 5.99. The van der Waals surface area contributed by atoms with Crippen molar-refractivity contribution in [1.82, 2.24) is 10.2 Å². The zero-order valence-electron chi connectivity index (χ0n) is 12.5. The van der Waals surface area contributed by atoms with E-state index in [1.54, 1.807) is 0 Å². The molecule has 0 aromatic rings. The van der Waals surface area contributed by atoms with Gasteiger partial charge in [0, 0.05) is 18.6 Å². The van der Waals surface area contributed by atoms with Crippen LogP contribution < -0.4 is 5.32 Å². The highest BCUT2D eigenvalue weighted by atomic mass is 15.2. The zero-order chi connectivity index (χ0) is 13.6. The normalized spacial score (nSPS) is 28.6. The average Bonchev–Trinajstić information content (AvgIpc) is 2.36. The molecule has 1 saturated heterocycles. The quantitative estimate of drug-likeness (QED) is 0.789. The molecule has 0 aromatic heterocycles. The molecule has 1 fully saturated rings. The number of piperidine rings is 1. The van der Waals surface area contributed by atoms with Gasteiger partial charge in [-0.1, -0.05) is 13.3 Å². The summed E-state index contributed by atoms with van der Waals surface area (Å²) in [5.41, 5.74) is -0.368. The first-order valence-electron chi connectivity index (χ1n) is 7.44. The fraction of sp³-hybridized carbons (Fsp3) is 0.933. The van der Waals surface area contributed by atoms with E-state index in [-0.39, 0.29) is 5.54 Å². The van der Waals surface area contributed by atoms with Gasteiger partial charge in [-0.05, 0) is 53.0 Å². The Bertz CT molecular complexity index is 274. The lowest BCUT2D eigenvalue weighted by atomic mass is 9.94. The van der Waals surface area contributed by atoms with E-state index in [1.165, 1.54) is 19.3 Å². The van der Waals surface area contributed by atoms with Crippen LogP contribution in [0.25, 0.3) is 0 Å². The number of likely N-dealkylation sites (tertiary alicyclic amines) is 1. The summed E-state index contributed by atoms with van der Waals surface area (Å²) in [6, 6.07) is 3.78. The van der Waals surface area contributed by atoms with Crippen molar-refractivity contribution in [3.8, 4) is 6.07 Å². The SMILES string of the molecule is CCCNC(C)(C#N)CCN1C(C)CCCC1C. The molecule has 104 valence electrons. The molecule has 0 aromatic carbocycles. The van der Waals surface area contributed by atoms with Gasteiger partial charge in [-0.3, -0.25) is 10.2 Å². The van der Waals surface area contributed by atoms with Gasteiger partial charge < -0.3 is 0 Å². The second kappa shape index (κ2) is 7.11. The van der Waals surface area contributed by atoms with Crippen LogP contribution in [0, 0.1) is 11.3 Å². The van der Waals surface area contributed by atoms with Gasteiger partial charge in [0.2, 0.25) is 0 Å². The molecule has 1 aliphatic rings. The summed E-state index contributed by atoms with van der Waals surface area (Å²) in [7, 11) is 0. The van der Waals surface area contributed by atoms with Crippen molar-refractivity contribution in [2.45, 2.75) is 77.4 Å². The minimum atomic E-state index is -0.368. The molecule has 3 atom stereocenters. The molecule has 0 spiro atoms. The lowest BCUT2D eigenvalue weighted by molar-refractivity contribution is 0.0951. The summed E-state index contributed by atoms with van der Waals surface area (Å²) in [5.74, 6) is 0. The Morgan fingerprint density at radius 3 is 2.44 bits per heavy atom. The van der Waals surface area contributed by atoms with Gasteiger partial charge in [-0.15, -0.1) is 0 Å². The third kappa shape index (κ3) is 4.26. The van der Waals surface area contributed by atoms with E-state index < -0.39 is 0 Å². The Balaban J connectivity index is 2.48. The van der Waals surface area contributed by atoms with E-state index in [0.717, 1.165) is 25.9 Å². The first-order chi connectivity index (χ1) is 8.52. The molecule has 0 radical (unpaired) electrons. The zero-order valence-corrected chi connectivity index (χ0v) is 12.5. The number of hydrogen-bond donors (Lipinski definition) is 1. The number of rotatable bonds is 6. The van der Waals surface area contributed by atoms with Crippen molar-refractivity contribution in [1.29, 1.82) is 5.26 Å². The summed E-state index contributed by atoms with van der Waals surface area (Å²) in [6.07, 6.45) is 5.94. The fourth-order valence-electron chi connectivity index (χ4n) is 2.85. The number of hydrogen-bond acceptors (Lipinski definition) is 3. The lowest BCUT2D eigenvalue weighted by Gasteiger charge is -2.40. The summed E-state index contributed by atoms with van der Waals surface area (Å²) in [4.78, 5) is 2.58. The van der Waals surface area contributed by atoms with Crippen molar-refractivity contribution in [2.75, 3.05) is 13.1 Å². The van der Waals surface area contributed by atoms with Crippen LogP contribution in [0.4, 0.5) is 0 Å². The van der Waals surface area contributed by atoms with Crippen molar-refractivity contribution >= 4 is 0 Å². The van der Waals surface area contributed by atoms with Crippen LogP contribution in [0.1, 0.15) is 59.8 Å². The molecule has 3 heteroatoms. The lowest BCUT2D eigenvalue weighted by Crippen LogP contribution is -2.49. The highest BCUT2D eigenvalue weighted by Gasteiger charge is 2.28. The number of nitrogens with zero attached hydrogens (tertiary/aromatic N) is 2. The van der Waals surface area contributed by atoms with Crippen LogP contribution in [-0.2, 0) is 0 Å². The van der Waals surface area contributed by atoms with E-state index >= 15 is 0 Å². The molecule has 1 rings (SSSR count). The van der Waals surface area contributed by atoms with Gasteiger partial charge >= 0.3 is 0 Å². The second-order valence-corrected chi connectivity index (χ2v) is 5.99. The van der Waals surface area contributed by atoms with Crippen LogP contribution in [0.2, 0.25) is 0 Å². The van der Waals surface area contributed by atoms with Crippen LogP contribution in [-0.4, -0.2) is 35.6 Å². The van der Waals surface area contributed by atoms with E-state index in [0.29, 0.717) is 12.1 Å². The van der Waals surface area contributed by atoms with Gasteiger partial charge in [-0.2, -0.15) is 5.26 Å². The molecule has 1 N–H and O–H groups in total. The summed E-state index contributed by atoms with van der Waals surface area (Å²) in [5, 5.41) is 12.7. The highest BCUT2D eigenvalue weighted by Crippen LogP contribution is 2.23. The van der Waals surface area contributed by atoms with Gasteiger partial charge in [0.15, 0.2) is 0 Å². The molecular weight excluding hydrogens is 222 g/mol. The van der Waals surface area contributed by atoms with Gasteiger partial charge in [-0.25, -0.2) is 0 Å². The predicted octanol–water partition coefficient (Wildman–Crippen LogP) is 2.92. The smallest absolute Gasteiger partial charge is 0.105 e. The summed E-state index contributed by atoms with van der Waals surface area (Å²) >= 11 is 0. The molecule has 3 nitrogen and oxygen atoms in total. The maximum absolute atomic E-state index is 9.34. The van der Waals surface area contributed by atoms with Crippen LogP contribution in [0.5, 0.6) is 0 Å². The molecule has 0 bridgehead atoms. The monoisotopic (exact) mass is 251 g/mol. The fourth-order valence-corrected chi connectivity index (χ4v) is 2.85. The maximum Gasteiger partial charge on any atom is 0.105 e. The first-order valence-corrected chi connectivity index (χ1v) is 7.44. The van der Waals surface area contributed by atoms with E-state index in [2.05, 4.69) is 37.1 Å². The third-order valence-electron chi connectivity index (χ3n) is 4.26. The van der Waals surface area contributed by atoms with Crippen LogP contribution >= 0.6 is 0 Å². The Labute approximate surface area is 113 Å². The number of nitrogens with one attached hydrogen (secondary N) is 1. The summed E-state index contributed by atoms with van der Waals surface area (Å²) < 4.78 is 0. The first kappa shape index (κ1) is 15.5. The molecular formula is C15H29N3. The largest absolute Gasteiger partial charge is 0.300 e. The van der Waals surface area contributed by atoms with Crippen molar-refractivity contribution in [3.05, 3.63) is 0 Å². The topological polar surface area (TPSA) is 39.1 Å². The van der Waals surface area contributed by atoms with Crippen molar-refractivity contribution in [2.24, 2.45) is 0 Å². The van der Waals surface area contributed by atoms with Crippen molar-refractivity contribution in [3.63, 3.8) is 0 Å². The Morgan fingerprint density at radius 1 is 1.33 bits per heavy atom. The molecule has 1 heterocycles. The van der Waals surface area contributed by atoms with Gasteiger partial charge in [0.1, 0.15) is 5.54 Å². The Morgan fingerprint density at radius 2 is 1.94 bits per heavy atom. The van der Waals surface area contributed by atoms with Crippen LogP contribution in [0.3, 0.4) is 0 Å². The molecule has 0 aliphatic carbocycles. The van der Waals surface area contributed by atoms with Gasteiger partial charge in [0.05, 0.1) is 6.07 Å².